The topological polar surface area (TPSA) is 70.2 Å². The first-order chi connectivity index (χ1) is 10.1. The lowest BCUT2D eigenvalue weighted by Crippen LogP contribution is -2.10. The van der Waals surface area contributed by atoms with Gasteiger partial charge in [-0.3, -0.25) is 10.1 Å². The number of benzene rings is 2. The summed E-state index contributed by atoms with van der Waals surface area (Å²) in [6.45, 7) is 0. The van der Waals surface area contributed by atoms with Crippen molar-refractivity contribution in [2.24, 2.45) is 0 Å². The van der Waals surface area contributed by atoms with E-state index in [0.717, 1.165) is 11.4 Å². The molecular weight excluding hydrogens is 290 g/mol. The predicted molar refractivity (Wildman–Crippen MR) is 81.9 cm³/mol. The number of alkyl halides is 1. The maximum Gasteiger partial charge on any atom is 0.273 e. The quantitative estimate of drug-likeness (QED) is 0.486. The van der Waals surface area contributed by atoms with Crippen molar-refractivity contribution in [1.82, 2.24) is 0 Å². The highest BCUT2D eigenvalue weighted by Crippen LogP contribution is 2.30. The minimum Gasteiger partial charge on any atom is -0.345 e. The van der Waals surface area contributed by atoms with Gasteiger partial charge in [0.15, 0.2) is 0 Å². The summed E-state index contributed by atoms with van der Waals surface area (Å²) in [5, 5.41) is 19.8. The molecule has 0 aromatic heterocycles. The second kappa shape index (κ2) is 6.25. The standard InChI is InChI=1S/C15H12ClN3O2/c1-18(13-4-2-3-11(7-13)10-17)14-5-6-15(19(20)21)12(8-14)9-16/h2-8H,9H2,1H3. The van der Waals surface area contributed by atoms with Crippen LogP contribution in [-0.4, -0.2) is 12.0 Å². The van der Waals surface area contributed by atoms with Crippen molar-refractivity contribution in [3.63, 3.8) is 0 Å². The van der Waals surface area contributed by atoms with Crippen LogP contribution in [0.3, 0.4) is 0 Å². The third-order valence-corrected chi connectivity index (χ3v) is 3.44. The fourth-order valence-corrected chi connectivity index (χ4v) is 2.21. The first-order valence-corrected chi connectivity index (χ1v) is 6.67. The second-order valence-electron chi connectivity index (χ2n) is 4.42. The van der Waals surface area contributed by atoms with Gasteiger partial charge >= 0.3 is 0 Å². The molecule has 0 fully saturated rings. The Balaban J connectivity index is 2.41. The summed E-state index contributed by atoms with van der Waals surface area (Å²) >= 11 is 5.78. The van der Waals surface area contributed by atoms with E-state index in [1.165, 1.54) is 6.07 Å². The van der Waals surface area contributed by atoms with Gasteiger partial charge in [-0.05, 0) is 30.3 Å². The Kier molecular flexibility index (Phi) is 4.41. The molecule has 0 N–H and O–H groups in total. The van der Waals surface area contributed by atoms with E-state index in [9.17, 15) is 10.1 Å². The Morgan fingerprint density at radius 3 is 2.62 bits per heavy atom. The Bertz CT molecular complexity index is 725. The molecule has 0 aliphatic carbocycles. The van der Waals surface area contributed by atoms with E-state index in [-0.39, 0.29) is 11.6 Å². The van der Waals surface area contributed by atoms with Gasteiger partial charge in [-0.2, -0.15) is 5.26 Å². The summed E-state index contributed by atoms with van der Waals surface area (Å²) in [6.07, 6.45) is 0. The Morgan fingerprint density at radius 1 is 1.29 bits per heavy atom. The fraction of sp³-hybridized carbons (Fsp3) is 0.133. The molecule has 5 nitrogen and oxygen atoms in total. The molecule has 0 saturated carbocycles. The van der Waals surface area contributed by atoms with Crippen molar-refractivity contribution in [1.29, 1.82) is 5.26 Å². The molecule has 0 radical (unpaired) electrons. The molecule has 0 heterocycles. The minimum atomic E-state index is -0.447. The Hall–Kier alpha value is -2.58. The fourth-order valence-electron chi connectivity index (χ4n) is 2.00. The van der Waals surface area contributed by atoms with Crippen LogP contribution >= 0.6 is 11.6 Å². The number of nitro benzene ring substituents is 1. The van der Waals surface area contributed by atoms with E-state index in [1.54, 1.807) is 30.3 Å². The summed E-state index contributed by atoms with van der Waals surface area (Å²) in [7, 11) is 1.83. The summed E-state index contributed by atoms with van der Waals surface area (Å²) in [4.78, 5) is 12.3. The van der Waals surface area contributed by atoms with E-state index in [0.29, 0.717) is 11.1 Å². The van der Waals surface area contributed by atoms with Crippen LogP contribution in [-0.2, 0) is 5.88 Å². The van der Waals surface area contributed by atoms with E-state index in [4.69, 9.17) is 16.9 Å². The number of nitriles is 1. The third-order valence-electron chi connectivity index (χ3n) is 3.15. The number of hydrogen-bond acceptors (Lipinski definition) is 4. The summed E-state index contributed by atoms with van der Waals surface area (Å²) in [6, 6.07) is 14.0. The molecule has 6 heteroatoms. The predicted octanol–water partition coefficient (Wildman–Crippen LogP) is 3.97. The monoisotopic (exact) mass is 301 g/mol. The van der Waals surface area contributed by atoms with Crippen molar-refractivity contribution < 1.29 is 4.92 Å². The molecule has 106 valence electrons. The first kappa shape index (κ1) is 14.8. The van der Waals surface area contributed by atoms with Crippen LogP contribution in [0.1, 0.15) is 11.1 Å². The van der Waals surface area contributed by atoms with Crippen molar-refractivity contribution in [3.8, 4) is 6.07 Å². The van der Waals surface area contributed by atoms with E-state index < -0.39 is 4.92 Å². The van der Waals surface area contributed by atoms with Gasteiger partial charge in [-0.1, -0.05) is 6.07 Å². The van der Waals surface area contributed by atoms with Crippen LogP contribution in [0.15, 0.2) is 42.5 Å². The molecular formula is C15H12ClN3O2. The van der Waals surface area contributed by atoms with Gasteiger partial charge in [0.2, 0.25) is 0 Å². The maximum absolute atomic E-state index is 10.9. The number of halogens is 1. The lowest BCUT2D eigenvalue weighted by Gasteiger charge is -2.20. The molecule has 2 rings (SSSR count). The molecule has 2 aromatic rings. The zero-order chi connectivity index (χ0) is 15.4. The van der Waals surface area contributed by atoms with E-state index in [2.05, 4.69) is 6.07 Å². The maximum atomic E-state index is 10.9. The van der Waals surface area contributed by atoms with Gasteiger partial charge in [0.1, 0.15) is 0 Å². The van der Waals surface area contributed by atoms with Gasteiger partial charge in [-0.25, -0.2) is 0 Å². The summed E-state index contributed by atoms with van der Waals surface area (Å²) in [5.41, 5.74) is 2.61. The van der Waals surface area contributed by atoms with Crippen LogP contribution in [0, 0.1) is 21.4 Å². The highest BCUT2D eigenvalue weighted by Gasteiger charge is 2.15. The summed E-state index contributed by atoms with van der Waals surface area (Å²) < 4.78 is 0. The number of hydrogen-bond donors (Lipinski definition) is 0. The van der Waals surface area contributed by atoms with Crippen molar-refractivity contribution in [2.75, 3.05) is 11.9 Å². The molecule has 0 bridgehead atoms. The lowest BCUT2D eigenvalue weighted by molar-refractivity contribution is -0.385. The molecule has 0 aliphatic heterocycles. The number of rotatable bonds is 4. The van der Waals surface area contributed by atoms with Crippen molar-refractivity contribution in [2.45, 2.75) is 5.88 Å². The van der Waals surface area contributed by atoms with Gasteiger partial charge in [-0.15, -0.1) is 11.6 Å². The van der Waals surface area contributed by atoms with E-state index >= 15 is 0 Å². The van der Waals surface area contributed by atoms with Crippen LogP contribution in [0.5, 0.6) is 0 Å². The molecule has 2 aromatic carbocycles. The Morgan fingerprint density at radius 2 is 2.00 bits per heavy atom. The SMILES string of the molecule is CN(c1cccc(C#N)c1)c1ccc([N+](=O)[O-])c(CCl)c1. The Labute approximate surface area is 127 Å². The molecule has 0 spiro atoms. The van der Waals surface area contributed by atoms with Crippen molar-refractivity contribution in [3.05, 3.63) is 63.7 Å². The van der Waals surface area contributed by atoms with Crippen molar-refractivity contribution >= 4 is 28.7 Å². The molecule has 21 heavy (non-hydrogen) atoms. The van der Waals surface area contributed by atoms with Gasteiger partial charge in [0.05, 0.1) is 22.4 Å². The molecule has 0 amide bonds. The van der Waals surface area contributed by atoms with E-state index in [1.807, 2.05) is 18.0 Å². The average Bonchev–Trinajstić information content (AvgIpc) is 2.53. The van der Waals surface area contributed by atoms with Crippen LogP contribution < -0.4 is 4.90 Å². The van der Waals surface area contributed by atoms with Crippen LogP contribution in [0.2, 0.25) is 0 Å². The van der Waals surface area contributed by atoms with Crippen LogP contribution in [0.4, 0.5) is 17.1 Å². The number of nitro groups is 1. The van der Waals surface area contributed by atoms with Crippen LogP contribution in [0.25, 0.3) is 0 Å². The van der Waals surface area contributed by atoms with Gasteiger partial charge in [0, 0.05) is 30.1 Å². The highest BCUT2D eigenvalue weighted by molar-refractivity contribution is 6.17. The highest BCUT2D eigenvalue weighted by atomic mass is 35.5. The molecule has 0 atom stereocenters. The minimum absolute atomic E-state index is 0.00734. The smallest absolute Gasteiger partial charge is 0.273 e. The first-order valence-electron chi connectivity index (χ1n) is 6.14. The zero-order valence-electron chi connectivity index (χ0n) is 11.3. The molecule has 0 unspecified atom stereocenters. The number of nitrogens with zero attached hydrogens (tertiary/aromatic N) is 3. The third kappa shape index (κ3) is 3.12. The normalized spacial score (nSPS) is 9.95. The molecule has 0 aliphatic rings. The van der Waals surface area contributed by atoms with Gasteiger partial charge in [0.25, 0.3) is 5.69 Å². The average molecular weight is 302 g/mol. The van der Waals surface area contributed by atoms with Gasteiger partial charge < -0.3 is 4.90 Å². The summed E-state index contributed by atoms with van der Waals surface area (Å²) in [5.74, 6) is 0.0657. The number of anilines is 2. The second-order valence-corrected chi connectivity index (χ2v) is 4.69. The largest absolute Gasteiger partial charge is 0.345 e. The zero-order valence-corrected chi connectivity index (χ0v) is 12.0. The molecule has 0 saturated heterocycles. The lowest BCUT2D eigenvalue weighted by atomic mass is 10.1.